The largest absolute Gasteiger partial charge is 0.476 e. The average molecular weight is 290 g/mol. The average Bonchev–Trinajstić information content (AvgIpc) is 2.94. The lowest BCUT2D eigenvalue weighted by Crippen LogP contribution is -1.99. The molecule has 0 spiro atoms. The number of aromatic amines is 1. The number of nitrogens with one attached hydrogen (secondary N) is 1. The van der Waals surface area contributed by atoms with Crippen LogP contribution < -0.4 is 0 Å². The Labute approximate surface area is 119 Å². The van der Waals surface area contributed by atoms with E-state index in [1.807, 2.05) is 25.3 Å². The number of nitrogens with zero attached hydrogens (tertiary/aromatic N) is 2. The van der Waals surface area contributed by atoms with Crippen molar-refractivity contribution in [3.05, 3.63) is 40.7 Å². The maximum atomic E-state index is 11.0. The molecule has 0 saturated carbocycles. The van der Waals surface area contributed by atoms with Crippen molar-refractivity contribution in [1.29, 1.82) is 0 Å². The zero-order valence-electron chi connectivity index (χ0n) is 10.9. The lowest BCUT2D eigenvalue weighted by Gasteiger charge is -2.04. The molecular weight excluding hydrogens is 278 g/mol. The molecule has 0 aliphatic carbocycles. The summed E-state index contributed by atoms with van der Waals surface area (Å²) in [5.41, 5.74) is 3.54. The second-order valence-corrected chi connectivity index (χ2v) is 5.10. The van der Waals surface area contributed by atoms with Crippen molar-refractivity contribution in [3.63, 3.8) is 0 Å². The van der Waals surface area contributed by atoms with Gasteiger partial charge in [-0.2, -0.15) is 5.10 Å². The molecule has 0 aliphatic rings. The van der Waals surface area contributed by atoms with Gasteiger partial charge in [-0.05, 0) is 30.7 Å². The highest BCUT2D eigenvalue weighted by Crippen LogP contribution is 2.32. The predicted molar refractivity (Wildman–Crippen MR) is 77.2 cm³/mol. The molecule has 0 aliphatic heterocycles. The number of H-pyrrole nitrogens is 1. The third kappa shape index (κ3) is 1.87. The van der Waals surface area contributed by atoms with Gasteiger partial charge in [-0.25, -0.2) is 4.79 Å². The van der Waals surface area contributed by atoms with Gasteiger partial charge in [0.1, 0.15) is 0 Å². The minimum Gasteiger partial charge on any atom is -0.476 e. The molecule has 3 rings (SSSR count). The van der Waals surface area contributed by atoms with Gasteiger partial charge in [-0.15, -0.1) is 0 Å². The first kappa shape index (κ1) is 12.7. The fourth-order valence-corrected chi connectivity index (χ4v) is 2.59. The molecule has 5 nitrogen and oxygen atoms in total. The van der Waals surface area contributed by atoms with E-state index in [0.717, 1.165) is 22.0 Å². The van der Waals surface area contributed by atoms with Crippen molar-refractivity contribution in [2.75, 3.05) is 0 Å². The molecular formula is C14H12ClN3O2. The van der Waals surface area contributed by atoms with E-state index >= 15 is 0 Å². The van der Waals surface area contributed by atoms with Gasteiger partial charge < -0.3 is 10.1 Å². The number of halogens is 1. The Balaban J connectivity index is 2.24. The van der Waals surface area contributed by atoms with E-state index in [1.54, 1.807) is 17.8 Å². The van der Waals surface area contributed by atoms with E-state index in [1.165, 1.54) is 0 Å². The molecule has 0 saturated heterocycles. The highest BCUT2D eigenvalue weighted by Gasteiger charge is 2.15. The molecule has 2 aromatic heterocycles. The normalized spacial score (nSPS) is 11.2. The van der Waals surface area contributed by atoms with Gasteiger partial charge in [0.15, 0.2) is 5.69 Å². The number of hydrogen-bond acceptors (Lipinski definition) is 2. The Bertz CT molecular complexity index is 832. The summed E-state index contributed by atoms with van der Waals surface area (Å²) in [4.78, 5) is 14.1. The van der Waals surface area contributed by atoms with E-state index in [-0.39, 0.29) is 5.69 Å². The van der Waals surface area contributed by atoms with Crippen LogP contribution in [0.25, 0.3) is 22.2 Å². The van der Waals surface area contributed by atoms with Crippen molar-refractivity contribution in [1.82, 2.24) is 14.8 Å². The van der Waals surface area contributed by atoms with Crippen LogP contribution in [0.15, 0.2) is 24.4 Å². The fraction of sp³-hybridized carbons (Fsp3) is 0.143. The second kappa shape index (κ2) is 4.38. The van der Waals surface area contributed by atoms with Gasteiger partial charge in [0.25, 0.3) is 0 Å². The number of carboxylic acid groups (broad SMARTS) is 1. The zero-order chi connectivity index (χ0) is 14.4. The van der Waals surface area contributed by atoms with Crippen LogP contribution in [-0.2, 0) is 7.05 Å². The van der Waals surface area contributed by atoms with E-state index in [0.29, 0.717) is 10.7 Å². The topological polar surface area (TPSA) is 70.9 Å². The molecule has 3 aromatic rings. The molecule has 2 N–H and O–H groups in total. The van der Waals surface area contributed by atoms with Gasteiger partial charge >= 0.3 is 5.97 Å². The van der Waals surface area contributed by atoms with Gasteiger partial charge in [-0.3, -0.25) is 4.68 Å². The summed E-state index contributed by atoms with van der Waals surface area (Å²) in [5.74, 6) is -1.04. The van der Waals surface area contributed by atoms with Crippen molar-refractivity contribution in [2.24, 2.45) is 7.05 Å². The lowest BCUT2D eigenvalue weighted by atomic mass is 10.1. The van der Waals surface area contributed by atoms with E-state index in [9.17, 15) is 4.79 Å². The van der Waals surface area contributed by atoms with Gasteiger partial charge in [-0.1, -0.05) is 11.6 Å². The van der Waals surface area contributed by atoms with Crippen LogP contribution in [0.1, 0.15) is 16.1 Å². The van der Waals surface area contributed by atoms with Crippen LogP contribution >= 0.6 is 11.6 Å². The molecule has 20 heavy (non-hydrogen) atoms. The summed E-state index contributed by atoms with van der Waals surface area (Å²) in [6, 6.07) is 5.33. The maximum Gasteiger partial charge on any atom is 0.356 e. The molecule has 1 aromatic carbocycles. The monoisotopic (exact) mass is 289 g/mol. The number of rotatable bonds is 2. The van der Waals surface area contributed by atoms with Gasteiger partial charge in [0.05, 0.1) is 16.2 Å². The van der Waals surface area contributed by atoms with Gasteiger partial charge in [0.2, 0.25) is 0 Å². The first-order valence-electron chi connectivity index (χ1n) is 6.02. The lowest BCUT2D eigenvalue weighted by molar-refractivity contribution is 0.0689. The molecule has 0 fully saturated rings. The van der Waals surface area contributed by atoms with Crippen molar-refractivity contribution in [3.8, 4) is 11.3 Å². The molecule has 2 heterocycles. The Morgan fingerprint density at radius 1 is 1.40 bits per heavy atom. The number of carboxylic acids is 1. The molecule has 102 valence electrons. The van der Waals surface area contributed by atoms with Crippen molar-refractivity contribution < 1.29 is 9.90 Å². The van der Waals surface area contributed by atoms with Crippen molar-refractivity contribution >= 4 is 28.5 Å². The van der Waals surface area contributed by atoms with Crippen LogP contribution in [0.4, 0.5) is 0 Å². The molecule has 0 bridgehead atoms. The second-order valence-electron chi connectivity index (χ2n) is 4.70. The van der Waals surface area contributed by atoms with Gasteiger partial charge in [0, 0.05) is 24.2 Å². The maximum absolute atomic E-state index is 11.0. The summed E-state index contributed by atoms with van der Waals surface area (Å²) in [7, 11) is 1.71. The number of aryl methyl sites for hydroxylation is 2. The smallest absolute Gasteiger partial charge is 0.356 e. The standard InChI is InChI=1S/C14H12ClN3O2/c1-7-6-16-13-9(7)3-8(4-10(13)15)12-5-11(14(19)20)17-18(12)2/h3-6,16H,1-2H3,(H,19,20). The fourth-order valence-electron chi connectivity index (χ4n) is 2.31. The van der Waals surface area contributed by atoms with E-state index in [2.05, 4.69) is 10.1 Å². The number of carbonyl (C=O) groups is 1. The van der Waals surface area contributed by atoms with Crippen LogP contribution in [-0.4, -0.2) is 25.8 Å². The number of fused-ring (bicyclic) bond motifs is 1. The highest BCUT2D eigenvalue weighted by molar-refractivity contribution is 6.35. The third-order valence-electron chi connectivity index (χ3n) is 3.34. The molecule has 0 amide bonds. The summed E-state index contributed by atoms with van der Waals surface area (Å²) >= 11 is 6.27. The summed E-state index contributed by atoms with van der Waals surface area (Å²) in [6.45, 7) is 1.99. The minimum absolute atomic E-state index is 0.0181. The molecule has 0 atom stereocenters. The summed E-state index contributed by atoms with van der Waals surface area (Å²) in [6.07, 6.45) is 1.90. The van der Waals surface area contributed by atoms with E-state index in [4.69, 9.17) is 16.7 Å². The predicted octanol–water partition coefficient (Wildman–Crippen LogP) is 3.23. The van der Waals surface area contributed by atoms with Crippen molar-refractivity contribution in [2.45, 2.75) is 6.92 Å². The number of aromatic nitrogens is 3. The summed E-state index contributed by atoms with van der Waals surface area (Å²) < 4.78 is 1.54. The van der Waals surface area contributed by atoms with Crippen LogP contribution in [0.2, 0.25) is 5.02 Å². The Morgan fingerprint density at radius 3 is 2.80 bits per heavy atom. The first-order valence-corrected chi connectivity index (χ1v) is 6.40. The van der Waals surface area contributed by atoms with Crippen LogP contribution in [0.5, 0.6) is 0 Å². The molecule has 0 radical (unpaired) electrons. The van der Waals surface area contributed by atoms with Crippen LogP contribution in [0.3, 0.4) is 0 Å². The van der Waals surface area contributed by atoms with E-state index < -0.39 is 5.97 Å². The van der Waals surface area contributed by atoms with Crippen LogP contribution in [0, 0.1) is 6.92 Å². The Morgan fingerprint density at radius 2 is 2.15 bits per heavy atom. The quantitative estimate of drug-likeness (QED) is 0.761. The number of hydrogen-bond donors (Lipinski definition) is 2. The minimum atomic E-state index is -1.04. The number of benzene rings is 1. The first-order chi connectivity index (χ1) is 9.47. The molecule has 0 unspecified atom stereocenters. The molecule has 6 heteroatoms. The number of aromatic carboxylic acids is 1. The zero-order valence-corrected chi connectivity index (χ0v) is 11.7. The Kier molecular flexibility index (Phi) is 2.79. The highest BCUT2D eigenvalue weighted by atomic mass is 35.5. The SMILES string of the molecule is Cc1c[nH]c2c(Cl)cc(-c3cc(C(=O)O)nn3C)cc12. The summed E-state index contributed by atoms with van der Waals surface area (Å²) in [5, 5.41) is 14.6. The Hall–Kier alpha value is -2.27. The third-order valence-corrected chi connectivity index (χ3v) is 3.64.